The molecule has 3 atom stereocenters. The third-order valence-corrected chi connectivity index (χ3v) is 9.56. The standard InChI is InChI=1S/C41H46N10O11/c1-41(2,3)60-32(53)22-51-18-17-42-20-30(51)33(31(52)21-43-35(55)24-7-11-26(12-8-24)44-37-47-39(57)61-49-37)34(54)29(19-23-5-15-28(59-4)16-6-23)46-36(56)25-9-13-27(14-10-25)45-38-48-40(58)62-50-38/h5-16,29-30,33,42H,17-22H2,1-4H3,(H,43,55)(H,46,56)(H2,44,47,49,57)(H2,45,48,50,58). The molecule has 3 heterocycles. The van der Waals surface area contributed by atoms with Crippen LogP contribution in [-0.4, -0.2) is 112 Å². The van der Waals surface area contributed by atoms with Crippen LogP contribution in [0.15, 0.2) is 91.4 Å². The summed E-state index contributed by atoms with van der Waals surface area (Å²) in [5.74, 6) is -5.39. The second kappa shape index (κ2) is 19.8. The molecule has 2 amide bonds. The van der Waals surface area contributed by atoms with Crippen LogP contribution >= 0.6 is 0 Å². The minimum atomic E-state index is -1.46. The molecule has 0 bridgehead atoms. The highest BCUT2D eigenvalue weighted by atomic mass is 16.6. The van der Waals surface area contributed by atoms with Gasteiger partial charge in [0.05, 0.1) is 32.2 Å². The highest BCUT2D eigenvalue weighted by Crippen LogP contribution is 2.23. The molecule has 0 radical (unpaired) electrons. The molecule has 5 aromatic rings. The Kier molecular flexibility index (Phi) is 14.1. The molecule has 0 aliphatic carbocycles. The van der Waals surface area contributed by atoms with Crippen LogP contribution in [0, 0.1) is 5.92 Å². The number of piperazine rings is 1. The van der Waals surface area contributed by atoms with Crippen LogP contribution in [0.1, 0.15) is 47.1 Å². The number of carbonyl (C=O) groups excluding carboxylic acids is 5. The average molecular weight is 855 g/mol. The molecule has 0 saturated carbocycles. The number of rotatable bonds is 18. The monoisotopic (exact) mass is 854 g/mol. The van der Waals surface area contributed by atoms with E-state index in [9.17, 15) is 28.8 Å². The van der Waals surface area contributed by atoms with Crippen LogP contribution in [0.25, 0.3) is 0 Å². The zero-order valence-corrected chi connectivity index (χ0v) is 34.2. The molecule has 7 N–H and O–H groups in total. The van der Waals surface area contributed by atoms with Gasteiger partial charge in [-0.3, -0.25) is 47.9 Å². The highest BCUT2D eigenvalue weighted by Gasteiger charge is 2.43. The van der Waals surface area contributed by atoms with Crippen molar-refractivity contribution in [2.75, 3.05) is 50.5 Å². The van der Waals surface area contributed by atoms with Gasteiger partial charge in [0.25, 0.3) is 11.8 Å². The van der Waals surface area contributed by atoms with Gasteiger partial charge >= 0.3 is 17.5 Å². The summed E-state index contributed by atoms with van der Waals surface area (Å²) in [6.07, 6.45) is -0.0291. The largest absolute Gasteiger partial charge is 0.497 e. The van der Waals surface area contributed by atoms with Crippen LogP contribution in [0.5, 0.6) is 5.75 Å². The van der Waals surface area contributed by atoms with Gasteiger partial charge in [0.2, 0.25) is 11.9 Å². The van der Waals surface area contributed by atoms with Crippen LogP contribution < -0.4 is 42.8 Å². The Bertz CT molecular complexity index is 2470. The SMILES string of the molecule is COc1ccc(CC(NC(=O)c2ccc(Nc3noc(=O)[nH]3)cc2)C(=O)C(C(=O)CNC(=O)c2ccc(Nc3noc(=O)[nH]3)cc2)C2CNCCN2CC(=O)OC(C)(C)C)cc1. The van der Waals surface area contributed by atoms with E-state index >= 15 is 4.79 Å². The lowest BCUT2D eigenvalue weighted by molar-refractivity contribution is -0.158. The number of amides is 2. The van der Waals surface area contributed by atoms with E-state index in [2.05, 4.69) is 55.9 Å². The van der Waals surface area contributed by atoms with Crippen molar-refractivity contribution in [1.29, 1.82) is 0 Å². The first-order valence-corrected chi connectivity index (χ1v) is 19.5. The number of hydrogen-bond donors (Lipinski definition) is 7. The second-order valence-electron chi connectivity index (χ2n) is 15.2. The van der Waals surface area contributed by atoms with Crippen molar-refractivity contribution in [1.82, 2.24) is 41.1 Å². The number of carbonyl (C=O) groups is 5. The molecular weight excluding hydrogens is 809 g/mol. The van der Waals surface area contributed by atoms with E-state index in [-0.39, 0.29) is 49.1 Å². The number of anilines is 4. The number of ketones is 2. The lowest BCUT2D eigenvalue weighted by Gasteiger charge is -2.40. The summed E-state index contributed by atoms with van der Waals surface area (Å²) in [4.78, 5) is 99.0. The maximum atomic E-state index is 15.1. The number of hydrogen-bond acceptors (Lipinski definition) is 17. The van der Waals surface area contributed by atoms with Gasteiger partial charge in [-0.15, -0.1) is 0 Å². The van der Waals surface area contributed by atoms with Crippen LogP contribution in [0.3, 0.4) is 0 Å². The number of ether oxygens (including phenoxy) is 2. The molecule has 1 aliphatic heterocycles. The predicted molar refractivity (Wildman–Crippen MR) is 222 cm³/mol. The fraction of sp³-hybridized carbons (Fsp3) is 0.341. The van der Waals surface area contributed by atoms with Crippen molar-refractivity contribution in [2.24, 2.45) is 5.92 Å². The van der Waals surface area contributed by atoms with Gasteiger partial charge in [0.1, 0.15) is 11.4 Å². The Morgan fingerprint density at radius 3 is 1.90 bits per heavy atom. The van der Waals surface area contributed by atoms with Gasteiger partial charge in [0, 0.05) is 48.2 Å². The van der Waals surface area contributed by atoms with E-state index in [1.165, 1.54) is 31.4 Å². The van der Waals surface area contributed by atoms with Crippen molar-refractivity contribution < 1.29 is 42.5 Å². The number of H-pyrrole nitrogens is 2. The number of nitrogens with one attached hydrogen (secondary N) is 7. The van der Waals surface area contributed by atoms with E-state index in [0.717, 1.165) is 0 Å². The van der Waals surface area contributed by atoms with E-state index in [0.29, 0.717) is 29.2 Å². The molecule has 0 spiro atoms. The summed E-state index contributed by atoms with van der Waals surface area (Å²) >= 11 is 0. The molecule has 3 unspecified atom stereocenters. The first-order chi connectivity index (χ1) is 29.6. The second-order valence-corrected chi connectivity index (χ2v) is 15.2. The van der Waals surface area contributed by atoms with Crippen molar-refractivity contribution in [3.05, 3.63) is 111 Å². The molecule has 21 heteroatoms. The Morgan fingerprint density at radius 1 is 0.823 bits per heavy atom. The van der Waals surface area contributed by atoms with Crippen LogP contribution in [-0.2, 0) is 25.5 Å². The van der Waals surface area contributed by atoms with E-state index in [1.807, 2.05) is 0 Å². The lowest BCUT2D eigenvalue weighted by atomic mass is 9.83. The summed E-state index contributed by atoms with van der Waals surface area (Å²) in [5.41, 5.74) is 1.15. The van der Waals surface area contributed by atoms with E-state index in [4.69, 9.17) is 9.47 Å². The van der Waals surface area contributed by atoms with Gasteiger partial charge in [0.15, 0.2) is 11.6 Å². The van der Waals surface area contributed by atoms with Crippen molar-refractivity contribution in [3.8, 4) is 5.75 Å². The molecule has 21 nitrogen and oxygen atoms in total. The molecule has 1 saturated heterocycles. The topological polar surface area (TPSA) is 285 Å². The molecular formula is C41H46N10O11. The molecule has 2 aromatic heterocycles. The number of nitrogens with zero attached hydrogens (tertiary/aromatic N) is 3. The number of aromatic nitrogens is 4. The fourth-order valence-corrected chi connectivity index (χ4v) is 6.70. The summed E-state index contributed by atoms with van der Waals surface area (Å²) in [5, 5.41) is 21.4. The summed E-state index contributed by atoms with van der Waals surface area (Å²) < 4.78 is 19.9. The van der Waals surface area contributed by atoms with Crippen molar-refractivity contribution >= 4 is 52.6 Å². The number of methoxy groups -OCH3 is 1. The zero-order chi connectivity index (χ0) is 44.4. The van der Waals surface area contributed by atoms with E-state index in [1.54, 1.807) is 74.2 Å². The maximum Gasteiger partial charge on any atom is 0.440 e. The third kappa shape index (κ3) is 12.1. The maximum absolute atomic E-state index is 15.1. The number of Topliss-reactive ketones (excluding diaryl/α,β-unsaturated/α-hetero) is 2. The third-order valence-electron chi connectivity index (χ3n) is 9.56. The van der Waals surface area contributed by atoms with Crippen molar-refractivity contribution in [3.63, 3.8) is 0 Å². The van der Waals surface area contributed by atoms with Crippen molar-refractivity contribution in [2.45, 2.75) is 44.9 Å². The predicted octanol–water partition coefficient (Wildman–Crippen LogP) is 1.68. The first kappa shape index (κ1) is 44.2. The summed E-state index contributed by atoms with van der Waals surface area (Å²) in [6.45, 7) is 5.26. The molecule has 326 valence electrons. The minimum absolute atomic E-state index is 0.0291. The summed E-state index contributed by atoms with van der Waals surface area (Å²) in [6, 6.07) is 16.9. The number of benzene rings is 3. The number of esters is 1. The van der Waals surface area contributed by atoms with Gasteiger partial charge in [-0.1, -0.05) is 12.1 Å². The minimum Gasteiger partial charge on any atom is -0.497 e. The fourth-order valence-electron chi connectivity index (χ4n) is 6.70. The Morgan fingerprint density at radius 2 is 1.39 bits per heavy atom. The highest BCUT2D eigenvalue weighted by molar-refractivity contribution is 6.09. The zero-order valence-electron chi connectivity index (χ0n) is 34.2. The first-order valence-electron chi connectivity index (χ1n) is 19.5. The van der Waals surface area contributed by atoms with Crippen LogP contribution in [0.4, 0.5) is 23.3 Å². The molecule has 6 rings (SSSR count). The van der Waals surface area contributed by atoms with Gasteiger partial charge in [-0.05, 0) is 104 Å². The van der Waals surface area contributed by atoms with Gasteiger partial charge in [-0.25, -0.2) is 9.59 Å². The Hall–Kier alpha value is -7.39. The van der Waals surface area contributed by atoms with Crippen LogP contribution in [0.2, 0.25) is 0 Å². The van der Waals surface area contributed by atoms with Gasteiger partial charge < -0.3 is 36.1 Å². The lowest BCUT2D eigenvalue weighted by Crippen LogP contribution is -2.62. The Labute approximate surface area is 353 Å². The quantitative estimate of drug-likeness (QED) is 0.0487. The molecule has 1 aliphatic rings. The molecule has 62 heavy (non-hydrogen) atoms. The molecule has 3 aromatic carbocycles. The van der Waals surface area contributed by atoms with Gasteiger partial charge in [-0.2, -0.15) is 0 Å². The number of aromatic amines is 2. The normalized spacial score (nSPS) is 15.1. The molecule has 1 fully saturated rings. The Balaban J connectivity index is 1.26. The van der Waals surface area contributed by atoms with E-state index < -0.39 is 71.0 Å². The summed E-state index contributed by atoms with van der Waals surface area (Å²) in [7, 11) is 1.51. The average Bonchev–Trinajstić information content (AvgIpc) is 3.86. The smallest absolute Gasteiger partial charge is 0.440 e.